The average Bonchev–Trinajstić information content (AvgIpc) is 3.20. The fraction of sp³-hybridized carbons (Fsp3) is 0.381. The van der Waals surface area contributed by atoms with Crippen molar-refractivity contribution in [3.05, 3.63) is 53.5 Å². The van der Waals surface area contributed by atoms with E-state index in [9.17, 15) is 4.79 Å². The number of nitrogens with zero attached hydrogens (tertiary/aromatic N) is 3. The van der Waals surface area contributed by atoms with Crippen LogP contribution in [0.1, 0.15) is 41.3 Å². The van der Waals surface area contributed by atoms with E-state index in [1.807, 2.05) is 40.8 Å². The van der Waals surface area contributed by atoms with E-state index in [0.29, 0.717) is 0 Å². The first-order chi connectivity index (χ1) is 12.5. The second-order valence-corrected chi connectivity index (χ2v) is 6.99. The highest BCUT2D eigenvalue weighted by Crippen LogP contribution is 2.32. The number of rotatable bonds is 3. The summed E-state index contributed by atoms with van der Waals surface area (Å²) in [7, 11) is 3.61. The zero-order chi connectivity index (χ0) is 18.4. The molecule has 0 aliphatic carbocycles. The Balaban J connectivity index is 1.73. The Morgan fingerprint density at radius 1 is 1.19 bits per heavy atom. The highest BCUT2D eigenvalue weighted by Gasteiger charge is 2.32. The van der Waals surface area contributed by atoms with Gasteiger partial charge in [0.1, 0.15) is 11.4 Å². The zero-order valence-corrected chi connectivity index (χ0v) is 15.8. The molecule has 0 spiro atoms. The van der Waals surface area contributed by atoms with E-state index < -0.39 is 0 Å². The van der Waals surface area contributed by atoms with E-state index in [1.54, 1.807) is 7.11 Å². The second-order valence-electron chi connectivity index (χ2n) is 6.99. The molecule has 1 atom stereocenters. The molecule has 3 aromatic rings. The summed E-state index contributed by atoms with van der Waals surface area (Å²) >= 11 is 0. The lowest BCUT2D eigenvalue weighted by Crippen LogP contribution is -2.42. The van der Waals surface area contributed by atoms with Crippen molar-refractivity contribution in [1.82, 2.24) is 14.0 Å². The minimum absolute atomic E-state index is 0.0969. The van der Waals surface area contributed by atoms with Crippen molar-refractivity contribution < 1.29 is 9.53 Å². The minimum Gasteiger partial charge on any atom is -0.497 e. The summed E-state index contributed by atoms with van der Waals surface area (Å²) in [5, 5.41) is 1.06. The number of hydrogen-bond donors (Lipinski definition) is 0. The van der Waals surface area contributed by atoms with E-state index in [-0.39, 0.29) is 11.9 Å². The Morgan fingerprint density at radius 3 is 2.73 bits per heavy atom. The summed E-state index contributed by atoms with van der Waals surface area (Å²) in [5.41, 5.74) is 4.24. The van der Waals surface area contributed by atoms with Crippen LogP contribution in [0.3, 0.4) is 0 Å². The number of carbonyl (C=O) groups excluding carboxylic acids is 1. The van der Waals surface area contributed by atoms with Gasteiger partial charge in [0.15, 0.2) is 0 Å². The Morgan fingerprint density at radius 2 is 2.00 bits per heavy atom. The Labute approximate surface area is 153 Å². The molecule has 0 fully saturated rings. The number of carbonyl (C=O) groups is 1. The highest BCUT2D eigenvalue weighted by molar-refractivity contribution is 5.99. The largest absolute Gasteiger partial charge is 0.497 e. The van der Waals surface area contributed by atoms with E-state index in [4.69, 9.17) is 4.74 Å². The van der Waals surface area contributed by atoms with Crippen LogP contribution in [-0.2, 0) is 13.6 Å². The van der Waals surface area contributed by atoms with E-state index in [1.165, 1.54) is 11.4 Å². The van der Waals surface area contributed by atoms with Gasteiger partial charge in [0.05, 0.1) is 18.7 Å². The van der Waals surface area contributed by atoms with Gasteiger partial charge in [-0.05, 0) is 43.7 Å². The standard InChI is InChI=1S/C21H25N3O2/c1-5-17-18-9-6-14(2)23(18)10-11-24(17)21(25)20-12-15-7-8-16(26-4)13-19(15)22(20)3/h6-9,12-13,17H,5,10-11H2,1-4H3/t17-/m1/s1. The molecule has 5 heteroatoms. The van der Waals surface area contributed by atoms with Crippen molar-refractivity contribution in [2.45, 2.75) is 32.9 Å². The summed E-state index contributed by atoms with van der Waals surface area (Å²) in [6.07, 6.45) is 0.910. The van der Waals surface area contributed by atoms with Gasteiger partial charge in [0.25, 0.3) is 5.91 Å². The lowest BCUT2D eigenvalue weighted by molar-refractivity contribution is 0.0607. The first-order valence-corrected chi connectivity index (χ1v) is 9.15. The number of ether oxygens (including phenoxy) is 1. The molecule has 4 rings (SSSR count). The number of fused-ring (bicyclic) bond motifs is 2. The Hall–Kier alpha value is -2.69. The molecule has 1 aliphatic rings. The summed E-state index contributed by atoms with van der Waals surface area (Å²) in [6.45, 7) is 5.87. The molecular formula is C21H25N3O2. The third-order valence-corrected chi connectivity index (χ3v) is 5.63. The highest BCUT2D eigenvalue weighted by atomic mass is 16.5. The van der Waals surface area contributed by atoms with Gasteiger partial charge in [-0.2, -0.15) is 0 Å². The average molecular weight is 351 g/mol. The van der Waals surface area contributed by atoms with Gasteiger partial charge < -0.3 is 18.8 Å². The number of aryl methyl sites for hydroxylation is 2. The molecule has 0 radical (unpaired) electrons. The van der Waals surface area contributed by atoms with Gasteiger partial charge in [-0.25, -0.2) is 0 Å². The molecule has 1 aliphatic heterocycles. The number of methoxy groups -OCH3 is 1. The second kappa shape index (κ2) is 6.24. The molecule has 2 aromatic heterocycles. The lowest BCUT2D eigenvalue weighted by Gasteiger charge is -2.37. The fourth-order valence-electron chi connectivity index (χ4n) is 4.17. The minimum atomic E-state index is 0.0969. The van der Waals surface area contributed by atoms with Crippen molar-refractivity contribution in [2.75, 3.05) is 13.7 Å². The van der Waals surface area contributed by atoms with Gasteiger partial charge >= 0.3 is 0 Å². The summed E-state index contributed by atoms with van der Waals surface area (Å²) in [6, 6.07) is 12.3. The molecule has 3 heterocycles. The number of aromatic nitrogens is 2. The Bertz CT molecular complexity index is 983. The SMILES string of the molecule is CC[C@@H]1c2ccc(C)n2CCN1C(=O)c1cc2ccc(OC)cc2n1C. The summed E-state index contributed by atoms with van der Waals surface area (Å²) < 4.78 is 9.64. The van der Waals surface area contributed by atoms with Crippen LogP contribution in [0.5, 0.6) is 5.75 Å². The molecule has 1 aromatic carbocycles. The summed E-state index contributed by atoms with van der Waals surface area (Å²) in [5.74, 6) is 0.898. The maximum atomic E-state index is 13.4. The quantitative estimate of drug-likeness (QED) is 0.718. The molecule has 0 N–H and O–H groups in total. The monoisotopic (exact) mass is 351 g/mol. The zero-order valence-electron chi connectivity index (χ0n) is 15.8. The van der Waals surface area contributed by atoms with Crippen molar-refractivity contribution >= 4 is 16.8 Å². The third-order valence-electron chi connectivity index (χ3n) is 5.63. The van der Waals surface area contributed by atoms with Gasteiger partial charge in [0.2, 0.25) is 0 Å². The number of hydrogen-bond acceptors (Lipinski definition) is 2. The predicted molar refractivity (Wildman–Crippen MR) is 103 cm³/mol. The van der Waals surface area contributed by atoms with Crippen molar-refractivity contribution in [3.8, 4) is 5.75 Å². The fourth-order valence-corrected chi connectivity index (χ4v) is 4.17. The smallest absolute Gasteiger partial charge is 0.271 e. The third kappa shape index (κ3) is 2.42. The molecule has 0 unspecified atom stereocenters. The molecular weight excluding hydrogens is 326 g/mol. The van der Waals surface area contributed by atoms with Crippen molar-refractivity contribution in [2.24, 2.45) is 7.05 Å². The van der Waals surface area contributed by atoms with Crippen LogP contribution in [0.4, 0.5) is 0 Å². The van der Waals surface area contributed by atoms with Crippen molar-refractivity contribution in [3.63, 3.8) is 0 Å². The molecule has 0 saturated carbocycles. The molecule has 0 saturated heterocycles. The molecule has 5 nitrogen and oxygen atoms in total. The van der Waals surface area contributed by atoms with Crippen LogP contribution in [0.2, 0.25) is 0 Å². The van der Waals surface area contributed by atoms with E-state index in [2.05, 4.69) is 30.5 Å². The summed E-state index contributed by atoms with van der Waals surface area (Å²) in [4.78, 5) is 15.4. The first-order valence-electron chi connectivity index (χ1n) is 9.15. The topological polar surface area (TPSA) is 39.4 Å². The van der Waals surface area contributed by atoms with E-state index in [0.717, 1.165) is 41.9 Å². The normalized spacial score (nSPS) is 16.8. The predicted octanol–water partition coefficient (Wildman–Crippen LogP) is 3.90. The van der Waals surface area contributed by atoms with Crippen LogP contribution in [0, 0.1) is 6.92 Å². The lowest BCUT2D eigenvalue weighted by atomic mass is 10.1. The van der Waals surface area contributed by atoms with Crippen LogP contribution in [-0.4, -0.2) is 33.6 Å². The van der Waals surface area contributed by atoms with Crippen molar-refractivity contribution in [1.29, 1.82) is 0 Å². The molecule has 26 heavy (non-hydrogen) atoms. The van der Waals surface area contributed by atoms with Gasteiger partial charge in [0, 0.05) is 43.0 Å². The van der Waals surface area contributed by atoms with Crippen LogP contribution >= 0.6 is 0 Å². The Kier molecular flexibility index (Phi) is 4.02. The number of benzene rings is 1. The van der Waals surface area contributed by atoms with Crippen LogP contribution in [0.25, 0.3) is 10.9 Å². The van der Waals surface area contributed by atoms with Crippen LogP contribution in [0.15, 0.2) is 36.4 Å². The van der Waals surface area contributed by atoms with Gasteiger partial charge in [-0.3, -0.25) is 4.79 Å². The maximum Gasteiger partial charge on any atom is 0.271 e. The number of amides is 1. The van der Waals surface area contributed by atoms with Crippen LogP contribution < -0.4 is 4.74 Å². The van der Waals surface area contributed by atoms with Gasteiger partial charge in [-0.1, -0.05) is 6.92 Å². The maximum absolute atomic E-state index is 13.4. The first kappa shape index (κ1) is 16.8. The molecule has 0 bridgehead atoms. The van der Waals surface area contributed by atoms with E-state index >= 15 is 0 Å². The molecule has 136 valence electrons. The molecule has 1 amide bonds. The van der Waals surface area contributed by atoms with Gasteiger partial charge in [-0.15, -0.1) is 0 Å².